The molecule has 1 aliphatic rings. The fraction of sp³-hybridized carbons (Fsp3) is 0.167. The van der Waals surface area contributed by atoms with E-state index >= 15 is 0 Å². The molecule has 0 bridgehead atoms. The minimum absolute atomic E-state index is 0.0489. The molecule has 0 saturated carbocycles. The highest BCUT2D eigenvalue weighted by Crippen LogP contribution is 2.39. The monoisotopic (exact) mass is 524 g/mol. The summed E-state index contributed by atoms with van der Waals surface area (Å²) >= 11 is 7.45. The molecule has 1 aliphatic heterocycles. The van der Waals surface area contributed by atoms with Crippen LogP contribution in [-0.2, 0) is 17.9 Å². The number of rotatable bonds is 6. The van der Waals surface area contributed by atoms with Crippen molar-refractivity contribution in [3.05, 3.63) is 87.4 Å². The Bertz CT molecular complexity index is 1320. The zero-order valence-corrected chi connectivity index (χ0v) is 19.7. The van der Waals surface area contributed by atoms with Crippen LogP contribution in [0.3, 0.4) is 0 Å². The van der Waals surface area contributed by atoms with Crippen LogP contribution >= 0.6 is 23.4 Å². The van der Waals surface area contributed by atoms with Crippen LogP contribution in [-0.4, -0.2) is 24.7 Å². The number of halogens is 5. The molecule has 0 aliphatic carbocycles. The minimum atomic E-state index is -1.11. The summed E-state index contributed by atoms with van der Waals surface area (Å²) in [7, 11) is 1.40. The summed E-state index contributed by atoms with van der Waals surface area (Å²) in [4.78, 5) is 27.2. The molecule has 0 aromatic heterocycles. The lowest BCUT2D eigenvalue weighted by Crippen LogP contribution is -2.35. The van der Waals surface area contributed by atoms with Gasteiger partial charge in [-0.25, -0.2) is 17.6 Å². The Morgan fingerprint density at radius 3 is 2.46 bits per heavy atom. The van der Waals surface area contributed by atoms with Crippen LogP contribution in [0.2, 0.25) is 5.02 Å². The number of ether oxygens (including phenoxy) is 1. The van der Waals surface area contributed by atoms with Gasteiger partial charge in [-0.1, -0.05) is 11.6 Å². The van der Waals surface area contributed by atoms with Gasteiger partial charge >= 0.3 is 0 Å². The lowest BCUT2D eigenvalue weighted by atomic mass is 10.1. The number of methoxy groups -OCH3 is 1. The second-order valence-electron chi connectivity index (χ2n) is 7.52. The van der Waals surface area contributed by atoms with Crippen molar-refractivity contribution in [2.24, 2.45) is 0 Å². The summed E-state index contributed by atoms with van der Waals surface area (Å²) in [6, 6.07) is 8.13. The number of carbonyl (C=O) groups excluding carboxylic acids is 2. The Balaban J connectivity index is 1.56. The van der Waals surface area contributed by atoms with E-state index in [9.17, 15) is 27.2 Å². The minimum Gasteiger partial charge on any atom is -0.495 e. The zero-order chi connectivity index (χ0) is 25.3. The molecule has 3 aromatic carbocycles. The van der Waals surface area contributed by atoms with E-state index in [1.54, 1.807) is 0 Å². The molecule has 5 nitrogen and oxygen atoms in total. The smallest absolute Gasteiger partial charge is 0.251 e. The van der Waals surface area contributed by atoms with Crippen LogP contribution in [0, 0.1) is 23.3 Å². The summed E-state index contributed by atoms with van der Waals surface area (Å²) < 4.78 is 60.4. The third-order valence-corrected chi connectivity index (χ3v) is 6.83. The van der Waals surface area contributed by atoms with Crippen LogP contribution in [0.1, 0.15) is 21.5 Å². The third kappa shape index (κ3) is 5.08. The molecule has 0 spiro atoms. The lowest BCUT2D eigenvalue weighted by Gasteiger charge is -2.30. The van der Waals surface area contributed by atoms with Gasteiger partial charge < -0.3 is 15.0 Å². The molecule has 0 fully saturated rings. The van der Waals surface area contributed by atoms with E-state index in [1.807, 2.05) is 0 Å². The predicted molar refractivity (Wildman–Crippen MR) is 124 cm³/mol. The van der Waals surface area contributed by atoms with Crippen LogP contribution in [0.15, 0.2) is 47.4 Å². The Morgan fingerprint density at radius 2 is 1.77 bits per heavy atom. The first-order valence-corrected chi connectivity index (χ1v) is 11.6. The molecule has 4 rings (SSSR count). The highest BCUT2D eigenvalue weighted by Gasteiger charge is 2.28. The van der Waals surface area contributed by atoms with Crippen molar-refractivity contribution in [1.29, 1.82) is 0 Å². The summed E-state index contributed by atoms with van der Waals surface area (Å²) in [6.07, 6.45) is 0. The maximum atomic E-state index is 14.5. The van der Waals surface area contributed by atoms with Crippen molar-refractivity contribution in [3.8, 4) is 5.75 Å². The van der Waals surface area contributed by atoms with Gasteiger partial charge in [-0.15, -0.1) is 11.8 Å². The first-order chi connectivity index (χ1) is 16.7. The fourth-order valence-electron chi connectivity index (χ4n) is 3.57. The molecule has 11 heteroatoms. The molecule has 1 N–H and O–H groups in total. The largest absolute Gasteiger partial charge is 0.495 e. The molecular weight excluding hydrogens is 508 g/mol. The van der Waals surface area contributed by atoms with Gasteiger partial charge in [-0.3, -0.25) is 9.59 Å². The Hall–Kier alpha value is -3.24. The van der Waals surface area contributed by atoms with Gasteiger partial charge in [0.25, 0.3) is 5.91 Å². The first kappa shape index (κ1) is 24.9. The van der Waals surface area contributed by atoms with E-state index in [-0.39, 0.29) is 40.1 Å². The van der Waals surface area contributed by atoms with E-state index in [4.69, 9.17) is 16.3 Å². The van der Waals surface area contributed by atoms with Gasteiger partial charge in [-0.2, -0.15) is 0 Å². The third-order valence-electron chi connectivity index (χ3n) is 5.38. The topological polar surface area (TPSA) is 58.6 Å². The van der Waals surface area contributed by atoms with E-state index < -0.39 is 41.3 Å². The van der Waals surface area contributed by atoms with Gasteiger partial charge in [0, 0.05) is 40.3 Å². The number of carbonyl (C=O) groups is 2. The molecule has 0 unspecified atom stereocenters. The van der Waals surface area contributed by atoms with Crippen LogP contribution in [0.4, 0.5) is 23.2 Å². The van der Waals surface area contributed by atoms with Gasteiger partial charge in [-0.05, 0) is 30.3 Å². The van der Waals surface area contributed by atoms with Crippen molar-refractivity contribution in [2.75, 3.05) is 17.8 Å². The summed E-state index contributed by atoms with van der Waals surface area (Å²) in [5.41, 5.74) is 0.249. The number of anilines is 1. The number of fused-ring (bicyclic) bond motifs is 1. The van der Waals surface area contributed by atoms with E-state index in [0.717, 1.165) is 0 Å². The highest BCUT2D eigenvalue weighted by atomic mass is 35.5. The standard InChI is InChI=1S/C24H17ClF4N2O3S/c1-34-20-5-3-16(27)15(23(20)25)10-31-19-4-2-12(6-21(19)35-11-22(31)32)24(33)30-9-14-17(28)7-13(26)8-18(14)29/h2-8H,9-11H2,1H3,(H,30,33). The molecule has 3 aromatic rings. The second kappa shape index (κ2) is 10.2. The Morgan fingerprint density at radius 1 is 1.06 bits per heavy atom. The molecular formula is C24H17ClF4N2O3S. The molecule has 0 radical (unpaired) electrons. The second-order valence-corrected chi connectivity index (χ2v) is 8.92. The molecule has 1 heterocycles. The van der Waals surface area contributed by atoms with Crippen LogP contribution in [0.25, 0.3) is 0 Å². The predicted octanol–water partition coefficient (Wildman–Crippen LogP) is 5.47. The van der Waals surface area contributed by atoms with Crippen LogP contribution < -0.4 is 15.0 Å². The number of nitrogens with one attached hydrogen (secondary N) is 1. The van der Waals surface area contributed by atoms with E-state index in [0.29, 0.717) is 22.7 Å². The number of thioether (sulfide) groups is 1. The van der Waals surface area contributed by atoms with Crippen molar-refractivity contribution in [3.63, 3.8) is 0 Å². The average Bonchev–Trinajstić information content (AvgIpc) is 2.82. The maximum absolute atomic E-state index is 14.5. The maximum Gasteiger partial charge on any atom is 0.251 e. The molecule has 35 heavy (non-hydrogen) atoms. The van der Waals surface area contributed by atoms with Crippen molar-refractivity contribution < 1.29 is 31.9 Å². The highest BCUT2D eigenvalue weighted by molar-refractivity contribution is 8.00. The number of hydrogen-bond donors (Lipinski definition) is 1. The van der Waals surface area contributed by atoms with Gasteiger partial charge in [0.05, 0.1) is 30.1 Å². The average molecular weight is 525 g/mol. The zero-order valence-electron chi connectivity index (χ0n) is 18.1. The molecule has 0 saturated heterocycles. The van der Waals surface area contributed by atoms with Crippen molar-refractivity contribution in [1.82, 2.24) is 5.32 Å². The summed E-state index contributed by atoms with van der Waals surface area (Å²) in [5, 5.41) is 2.45. The number of nitrogens with zero attached hydrogens (tertiary/aromatic N) is 1. The molecule has 2 amide bonds. The fourth-order valence-corrected chi connectivity index (χ4v) is 4.83. The Kier molecular flexibility index (Phi) is 7.23. The normalized spacial score (nSPS) is 13.0. The lowest BCUT2D eigenvalue weighted by molar-refractivity contribution is -0.116. The molecule has 182 valence electrons. The quantitative estimate of drug-likeness (QED) is 0.434. The number of amides is 2. The Labute approximate surface area is 207 Å². The summed E-state index contributed by atoms with van der Waals surface area (Å²) in [6.45, 7) is -0.637. The van der Waals surface area contributed by atoms with Gasteiger partial charge in [0.2, 0.25) is 5.91 Å². The van der Waals surface area contributed by atoms with Crippen LogP contribution in [0.5, 0.6) is 5.75 Å². The SMILES string of the molecule is COc1ccc(F)c(CN2C(=O)CSc3cc(C(=O)NCc4c(F)cc(F)cc4F)ccc32)c1Cl. The van der Waals surface area contributed by atoms with Gasteiger partial charge in [0.15, 0.2) is 0 Å². The summed E-state index contributed by atoms with van der Waals surface area (Å²) in [5.74, 6) is -4.46. The van der Waals surface area contributed by atoms with E-state index in [1.165, 1.54) is 54.1 Å². The first-order valence-electron chi connectivity index (χ1n) is 10.2. The number of hydrogen-bond acceptors (Lipinski definition) is 4. The molecule has 0 atom stereocenters. The van der Waals surface area contributed by atoms with E-state index in [2.05, 4.69) is 5.32 Å². The van der Waals surface area contributed by atoms with Crippen molar-refractivity contribution >= 4 is 40.9 Å². The number of benzene rings is 3. The van der Waals surface area contributed by atoms with Gasteiger partial charge in [0.1, 0.15) is 29.0 Å². The van der Waals surface area contributed by atoms with Crippen molar-refractivity contribution in [2.45, 2.75) is 18.0 Å².